The van der Waals surface area contributed by atoms with Gasteiger partial charge in [-0.3, -0.25) is 0 Å². The highest BCUT2D eigenvalue weighted by Crippen LogP contribution is 2.33. The highest BCUT2D eigenvalue weighted by Gasteiger charge is 2.14. The van der Waals surface area contributed by atoms with Crippen LogP contribution < -0.4 is 18.9 Å². The monoisotopic (exact) mass is 350 g/mol. The summed E-state index contributed by atoms with van der Waals surface area (Å²) in [4.78, 5) is 0. The molecule has 0 aromatic heterocycles. The molecule has 0 saturated carbocycles. The van der Waals surface area contributed by atoms with Gasteiger partial charge in [-0.15, -0.1) is 0 Å². The first-order valence-corrected chi connectivity index (χ1v) is 8.02. The van der Waals surface area contributed by atoms with Gasteiger partial charge in [0, 0.05) is 34.9 Å². The highest BCUT2D eigenvalue weighted by atomic mass is 16.6. The lowest BCUT2D eigenvalue weighted by atomic mass is 10.1. The first-order chi connectivity index (χ1) is 12.7. The van der Waals surface area contributed by atoms with E-state index in [1.807, 2.05) is 12.1 Å². The van der Waals surface area contributed by atoms with Crippen LogP contribution in [-0.2, 0) is 0 Å². The molecule has 0 aliphatic carbocycles. The summed E-state index contributed by atoms with van der Waals surface area (Å²) in [7, 11) is 3.19. The maximum absolute atomic E-state index is 8.99. The molecular weight excluding hydrogens is 332 g/mol. The molecule has 1 aliphatic heterocycles. The summed E-state index contributed by atoms with van der Waals surface area (Å²) in [5.74, 6) is 14.4. The van der Waals surface area contributed by atoms with Crippen LogP contribution in [0.3, 0.4) is 0 Å². The second kappa shape index (κ2) is 8.20. The Morgan fingerprint density at radius 1 is 0.846 bits per heavy atom. The number of benzene rings is 2. The van der Waals surface area contributed by atoms with Crippen LogP contribution in [0.5, 0.6) is 23.0 Å². The molecule has 26 heavy (non-hydrogen) atoms. The van der Waals surface area contributed by atoms with Crippen LogP contribution in [0.1, 0.15) is 16.7 Å². The van der Waals surface area contributed by atoms with Crippen molar-refractivity contribution in [2.45, 2.75) is 0 Å². The second-order valence-electron chi connectivity index (χ2n) is 5.35. The molecule has 0 amide bonds. The van der Waals surface area contributed by atoms with Gasteiger partial charge in [0.1, 0.15) is 31.3 Å². The lowest BCUT2D eigenvalue weighted by Crippen LogP contribution is -2.15. The Hall–Kier alpha value is -3.28. The molecule has 1 heterocycles. The minimum absolute atomic E-state index is 0.228. The third-order valence-corrected chi connectivity index (χ3v) is 3.68. The third-order valence-electron chi connectivity index (χ3n) is 3.68. The van der Waals surface area contributed by atoms with Crippen LogP contribution in [0.2, 0.25) is 0 Å². The molecule has 0 unspecified atom stereocenters. The summed E-state index contributed by atoms with van der Waals surface area (Å²) in [6.07, 6.45) is 0. The fourth-order valence-corrected chi connectivity index (χ4v) is 2.45. The fourth-order valence-electron chi connectivity index (χ4n) is 2.45. The first-order valence-electron chi connectivity index (χ1n) is 8.02. The molecule has 0 spiro atoms. The Morgan fingerprint density at radius 3 is 1.96 bits per heavy atom. The van der Waals surface area contributed by atoms with Crippen molar-refractivity contribution in [3.63, 3.8) is 0 Å². The van der Waals surface area contributed by atoms with Crippen LogP contribution in [0, 0.1) is 23.7 Å². The zero-order chi connectivity index (χ0) is 18.4. The second-order valence-corrected chi connectivity index (χ2v) is 5.35. The van der Waals surface area contributed by atoms with Gasteiger partial charge < -0.3 is 24.1 Å². The van der Waals surface area contributed by atoms with Gasteiger partial charge in [0.25, 0.3) is 0 Å². The summed E-state index contributed by atoms with van der Waals surface area (Å²) in [6.45, 7) is 0.761. The zero-order valence-electron chi connectivity index (χ0n) is 14.6. The molecule has 0 saturated heterocycles. The molecule has 0 bridgehead atoms. The number of ether oxygens (including phenoxy) is 4. The van der Waals surface area contributed by atoms with Gasteiger partial charge in [0.15, 0.2) is 11.5 Å². The summed E-state index contributed by atoms with van der Waals surface area (Å²) in [5.41, 5.74) is 2.11. The van der Waals surface area contributed by atoms with E-state index in [4.69, 9.17) is 24.1 Å². The molecule has 1 aliphatic rings. The SMILES string of the molecule is COc1cc(C#Cc2cc3c(cc2C#CCO)OCCO3)cc(OC)c1. The largest absolute Gasteiger partial charge is 0.497 e. The van der Waals surface area contributed by atoms with Gasteiger partial charge in [-0.05, 0) is 12.1 Å². The number of aliphatic hydroxyl groups excluding tert-OH is 1. The van der Waals surface area contributed by atoms with Crippen molar-refractivity contribution in [1.29, 1.82) is 0 Å². The number of rotatable bonds is 2. The molecule has 0 atom stereocenters. The van der Waals surface area contributed by atoms with Gasteiger partial charge in [-0.1, -0.05) is 23.7 Å². The van der Waals surface area contributed by atoms with Gasteiger partial charge >= 0.3 is 0 Å². The van der Waals surface area contributed by atoms with Gasteiger partial charge in [0.2, 0.25) is 0 Å². The molecule has 5 heteroatoms. The lowest BCUT2D eigenvalue weighted by molar-refractivity contribution is 0.171. The molecule has 2 aromatic rings. The van der Waals surface area contributed by atoms with E-state index >= 15 is 0 Å². The number of hydrogen-bond acceptors (Lipinski definition) is 5. The highest BCUT2D eigenvalue weighted by molar-refractivity contribution is 5.60. The van der Waals surface area contributed by atoms with Crippen molar-refractivity contribution in [3.05, 3.63) is 47.0 Å². The third kappa shape index (κ3) is 4.03. The summed E-state index contributed by atoms with van der Waals surface area (Å²) in [6, 6.07) is 9.03. The maximum atomic E-state index is 8.99. The molecule has 1 N–H and O–H groups in total. The van der Waals surface area contributed by atoms with E-state index in [-0.39, 0.29) is 6.61 Å². The van der Waals surface area contributed by atoms with Crippen molar-refractivity contribution in [2.75, 3.05) is 34.0 Å². The van der Waals surface area contributed by atoms with Crippen LogP contribution in [-0.4, -0.2) is 39.1 Å². The Bertz CT molecular complexity index is 903. The Morgan fingerprint density at radius 2 is 1.42 bits per heavy atom. The van der Waals surface area contributed by atoms with Crippen LogP contribution in [0.4, 0.5) is 0 Å². The van der Waals surface area contributed by atoms with E-state index in [1.54, 1.807) is 32.4 Å². The van der Waals surface area contributed by atoms with E-state index < -0.39 is 0 Å². The van der Waals surface area contributed by atoms with Crippen LogP contribution in [0.25, 0.3) is 0 Å². The van der Waals surface area contributed by atoms with Crippen molar-refractivity contribution < 1.29 is 24.1 Å². The molecule has 0 fully saturated rings. The number of fused-ring (bicyclic) bond motifs is 1. The molecule has 132 valence electrons. The quantitative estimate of drug-likeness (QED) is 0.842. The van der Waals surface area contributed by atoms with E-state index in [0.29, 0.717) is 47.3 Å². The molecular formula is C21H18O5. The summed E-state index contributed by atoms with van der Waals surface area (Å²) in [5, 5.41) is 8.99. The number of hydrogen-bond donors (Lipinski definition) is 1. The zero-order valence-corrected chi connectivity index (χ0v) is 14.6. The average molecular weight is 350 g/mol. The molecule has 5 nitrogen and oxygen atoms in total. The topological polar surface area (TPSA) is 57.2 Å². The van der Waals surface area contributed by atoms with Crippen molar-refractivity contribution >= 4 is 0 Å². The van der Waals surface area contributed by atoms with Gasteiger partial charge in [0.05, 0.1) is 14.2 Å². The predicted molar refractivity (Wildman–Crippen MR) is 96.9 cm³/mol. The standard InChI is InChI=1S/C21H18O5/c1-23-18-10-15(11-19(14-18)24-2)5-6-17-13-21-20(25-8-9-26-21)12-16(17)4-3-7-22/h10-14,22H,7-9H2,1-2H3. The number of methoxy groups -OCH3 is 2. The fraction of sp³-hybridized carbons (Fsp3) is 0.238. The van der Waals surface area contributed by atoms with E-state index in [2.05, 4.69) is 23.7 Å². The smallest absolute Gasteiger partial charge is 0.162 e. The number of aliphatic hydroxyl groups is 1. The molecule has 2 aromatic carbocycles. The predicted octanol–water partition coefficient (Wildman–Crippen LogP) is 2.22. The van der Waals surface area contributed by atoms with Crippen molar-refractivity contribution in [2.24, 2.45) is 0 Å². The van der Waals surface area contributed by atoms with Crippen LogP contribution in [0.15, 0.2) is 30.3 Å². The van der Waals surface area contributed by atoms with E-state index in [0.717, 1.165) is 5.56 Å². The lowest BCUT2D eigenvalue weighted by Gasteiger charge is -2.19. The maximum Gasteiger partial charge on any atom is 0.162 e. The normalized spacial score (nSPS) is 11.5. The van der Waals surface area contributed by atoms with Crippen molar-refractivity contribution in [1.82, 2.24) is 0 Å². The van der Waals surface area contributed by atoms with E-state index in [1.165, 1.54) is 0 Å². The van der Waals surface area contributed by atoms with Crippen molar-refractivity contribution in [3.8, 4) is 46.7 Å². The van der Waals surface area contributed by atoms with Gasteiger partial charge in [-0.25, -0.2) is 0 Å². The minimum atomic E-state index is -0.228. The Labute approximate surface area is 152 Å². The van der Waals surface area contributed by atoms with Crippen LogP contribution >= 0.6 is 0 Å². The van der Waals surface area contributed by atoms with Gasteiger partial charge in [-0.2, -0.15) is 0 Å². The minimum Gasteiger partial charge on any atom is -0.497 e. The average Bonchev–Trinajstić information content (AvgIpc) is 2.69. The molecule has 0 radical (unpaired) electrons. The molecule has 3 rings (SSSR count). The Balaban J connectivity index is 2.03. The first kappa shape index (κ1) is 17.5. The Kier molecular flexibility index (Phi) is 5.53. The summed E-state index contributed by atoms with van der Waals surface area (Å²) < 4.78 is 21.7. The summed E-state index contributed by atoms with van der Waals surface area (Å²) >= 11 is 0. The van der Waals surface area contributed by atoms with E-state index in [9.17, 15) is 0 Å².